The fraction of sp³-hybridized carbons (Fsp3) is 0.310. The topological polar surface area (TPSA) is 90.5 Å². The number of nitrogens with zero attached hydrogens (tertiary/aromatic N) is 2. The van der Waals surface area contributed by atoms with Crippen LogP contribution in [0.4, 0.5) is 5.69 Å². The Morgan fingerprint density at radius 3 is 2.58 bits per heavy atom. The lowest BCUT2D eigenvalue weighted by Gasteiger charge is -2.28. The van der Waals surface area contributed by atoms with Crippen molar-refractivity contribution in [2.45, 2.75) is 37.8 Å². The highest BCUT2D eigenvalue weighted by Gasteiger charge is 2.22. The molecule has 3 N–H and O–H groups in total. The number of aromatic nitrogens is 2. The van der Waals surface area contributed by atoms with Crippen molar-refractivity contribution >= 4 is 22.6 Å². The van der Waals surface area contributed by atoms with Gasteiger partial charge in [0.05, 0.1) is 18.8 Å². The molecule has 0 bridgehead atoms. The Kier molecular flexibility index (Phi) is 6.65. The molecule has 7 nitrogen and oxygen atoms in total. The lowest BCUT2D eigenvalue weighted by molar-refractivity contribution is 0.0828. The van der Waals surface area contributed by atoms with Crippen LogP contribution in [0.15, 0.2) is 60.9 Å². The zero-order valence-electron chi connectivity index (χ0n) is 20.9. The van der Waals surface area contributed by atoms with E-state index < -0.39 is 0 Å². The third-order valence-electron chi connectivity index (χ3n) is 6.97. The summed E-state index contributed by atoms with van der Waals surface area (Å²) in [6, 6.07) is 16.2. The molecular formula is C29H32N4O3. The van der Waals surface area contributed by atoms with Crippen LogP contribution in [0.25, 0.3) is 33.3 Å². The predicted molar refractivity (Wildman–Crippen MR) is 143 cm³/mol. The van der Waals surface area contributed by atoms with Gasteiger partial charge in [-0.15, -0.1) is 0 Å². The van der Waals surface area contributed by atoms with Gasteiger partial charge in [0.1, 0.15) is 11.4 Å². The Morgan fingerprint density at radius 2 is 1.83 bits per heavy atom. The molecule has 1 aliphatic carbocycles. The van der Waals surface area contributed by atoms with Gasteiger partial charge in [0, 0.05) is 60.3 Å². The molecule has 1 saturated carbocycles. The summed E-state index contributed by atoms with van der Waals surface area (Å²) in [5.41, 5.74) is 6.10. The molecule has 7 heteroatoms. The number of nitrogens with one attached hydrogen (secondary N) is 2. The van der Waals surface area contributed by atoms with Crippen molar-refractivity contribution in [3.63, 3.8) is 0 Å². The number of pyridine rings is 1. The number of aliphatic hydroxyl groups excluding tert-OH is 1. The van der Waals surface area contributed by atoms with E-state index in [1.54, 1.807) is 26.1 Å². The van der Waals surface area contributed by atoms with Crippen LogP contribution in [0.5, 0.6) is 5.75 Å². The minimum Gasteiger partial charge on any atom is -0.496 e. The predicted octanol–water partition coefficient (Wildman–Crippen LogP) is 5.32. The summed E-state index contributed by atoms with van der Waals surface area (Å²) >= 11 is 0. The first-order chi connectivity index (χ1) is 17.4. The molecule has 0 unspecified atom stereocenters. The van der Waals surface area contributed by atoms with E-state index in [1.165, 1.54) is 0 Å². The van der Waals surface area contributed by atoms with Gasteiger partial charge in [-0.05, 0) is 55.5 Å². The molecule has 0 atom stereocenters. The summed E-state index contributed by atoms with van der Waals surface area (Å²) in [4.78, 5) is 22.7. The van der Waals surface area contributed by atoms with Gasteiger partial charge in [-0.3, -0.25) is 4.79 Å². The van der Waals surface area contributed by atoms with E-state index in [-0.39, 0.29) is 18.1 Å². The number of fused-ring (bicyclic) bond motifs is 1. The molecule has 0 saturated heterocycles. The molecule has 1 aliphatic rings. The van der Waals surface area contributed by atoms with Crippen LogP contribution >= 0.6 is 0 Å². The van der Waals surface area contributed by atoms with Gasteiger partial charge in [0.15, 0.2) is 0 Å². The van der Waals surface area contributed by atoms with Gasteiger partial charge >= 0.3 is 0 Å². The maximum atomic E-state index is 13.1. The average Bonchev–Trinajstić information content (AvgIpc) is 3.33. The molecule has 36 heavy (non-hydrogen) atoms. The van der Waals surface area contributed by atoms with Crippen molar-refractivity contribution in [1.29, 1.82) is 0 Å². The minimum absolute atomic E-state index is 0.0550. The maximum Gasteiger partial charge on any atom is 0.255 e. The van der Waals surface area contributed by atoms with Gasteiger partial charge in [0.2, 0.25) is 0 Å². The van der Waals surface area contributed by atoms with Crippen LogP contribution in [0, 0.1) is 0 Å². The number of carbonyl (C=O) groups is 1. The summed E-state index contributed by atoms with van der Waals surface area (Å²) in [5, 5.41) is 14.4. The number of anilines is 1. The van der Waals surface area contributed by atoms with Crippen LogP contribution < -0.4 is 10.1 Å². The molecule has 1 amide bonds. The van der Waals surface area contributed by atoms with E-state index >= 15 is 0 Å². The number of carbonyl (C=O) groups excluding carboxylic acids is 1. The molecule has 4 aromatic rings. The van der Waals surface area contributed by atoms with Crippen LogP contribution in [0.1, 0.15) is 36.0 Å². The molecule has 5 rings (SSSR count). The fourth-order valence-electron chi connectivity index (χ4n) is 4.96. The zero-order chi connectivity index (χ0) is 25.2. The molecule has 1 fully saturated rings. The zero-order valence-corrected chi connectivity index (χ0v) is 20.9. The number of amides is 1. The quantitative estimate of drug-likeness (QED) is 0.344. The number of benzene rings is 2. The molecular weight excluding hydrogens is 452 g/mol. The Balaban J connectivity index is 1.53. The fourth-order valence-corrected chi connectivity index (χ4v) is 4.96. The van der Waals surface area contributed by atoms with E-state index in [0.29, 0.717) is 5.56 Å². The van der Waals surface area contributed by atoms with Gasteiger partial charge < -0.3 is 25.0 Å². The van der Waals surface area contributed by atoms with Crippen LogP contribution in [0.3, 0.4) is 0 Å². The number of H-pyrrole nitrogens is 1. The second-order valence-corrected chi connectivity index (χ2v) is 9.63. The van der Waals surface area contributed by atoms with Crippen molar-refractivity contribution in [2.24, 2.45) is 0 Å². The maximum absolute atomic E-state index is 13.1. The van der Waals surface area contributed by atoms with Crippen LogP contribution in [-0.2, 0) is 0 Å². The summed E-state index contributed by atoms with van der Waals surface area (Å²) in [5.74, 6) is 0.744. The van der Waals surface area contributed by atoms with Gasteiger partial charge in [0.25, 0.3) is 5.91 Å². The van der Waals surface area contributed by atoms with E-state index in [1.807, 2.05) is 54.9 Å². The molecule has 186 valence electrons. The molecule has 0 spiro atoms. The third kappa shape index (κ3) is 4.66. The van der Waals surface area contributed by atoms with Gasteiger partial charge in [-0.2, -0.15) is 0 Å². The molecule has 2 aromatic carbocycles. The lowest BCUT2D eigenvalue weighted by atomic mass is 9.92. The first-order valence-corrected chi connectivity index (χ1v) is 12.4. The highest BCUT2D eigenvalue weighted by Crippen LogP contribution is 2.36. The second kappa shape index (κ2) is 10.0. The number of hydrogen-bond acceptors (Lipinski definition) is 5. The van der Waals surface area contributed by atoms with Crippen LogP contribution in [0.2, 0.25) is 0 Å². The van der Waals surface area contributed by atoms with E-state index in [0.717, 1.165) is 70.4 Å². The van der Waals surface area contributed by atoms with Crippen molar-refractivity contribution < 1.29 is 14.6 Å². The standard InChI is InChI=1S/C29H32N4O3/c1-33(2)29(35)24-14-18(8-13-26(24)32-20-9-11-21(34)12-10-20)19-15-23-25(17-31-28(23)30-16-19)22-6-4-5-7-27(22)36-3/h4-8,13-17,20-21,32,34H,9-12H2,1-3H3,(H,30,31). The van der Waals surface area contributed by atoms with E-state index in [4.69, 9.17) is 4.74 Å². The molecule has 0 aliphatic heterocycles. The van der Waals surface area contributed by atoms with Crippen molar-refractivity contribution in [3.8, 4) is 28.0 Å². The number of ether oxygens (including phenoxy) is 1. The first-order valence-electron chi connectivity index (χ1n) is 12.4. The van der Waals surface area contributed by atoms with Crippen molar-refractivity contribution in [1.82, 2.24) is 14.9 Å². The number of aromatic amines is 1. The Labute approximate surface area is 211 Å². The smallest absolute Gasteiger partial charge is 0.255 e. The van der Waals surface area contributed by atoms with Gasteiger partial charge in [-0.1, -0.05) is 24.3 Å². The number of rotatable bonds is 6. The lowest BCUT2D eigenvalue weighted by Crippen LogP contribution is -2.30. The van der Waals surface area contributed by atoms with Crippen molar-refractivity contribution in [2.75, 3.05) is 26.5 Å². The highest BCUT2D eigenvalue weighted by molar-refractivity contribution is 6.01. The van der Waals surface area contributed by atoms with Gasteiger partial charge in [-0.25, -0.2) is 4.98 Å². The van der Waals surface area contributed by atoms with Crippen LogP contribution in [-0.4, -0.2) is 59.2 Å². The van der Waals surface area contributed by atoms with E-state index in [2.05, 4.69) is 21.4 Å². The normalized spacial score (nSPS) is 17.7. The number of hydrogen-bond donors (Lipinski definition) is 3. The minimum atomic E-state index is -0.218. The number of methoxy groups -OCH3 is 1. The summed E-state index contributed by atoms with van der Waals surface area (Å²) < 4.78 is 5.58. The molecule has 2 heterocycles. The van der Waals surface area contributed by atoms with Crippen molar-refractivity contribution in [3.05, 3.63) is 66.5 Å². The summed E-state index contributed by atoms with van der Waals surface area (Å²) in [6.07, 6.45) is 6.91. The summed E-state index contributed by atoms with van der Waals surface area (Å²) in [6.45, 7) is 0. The second-order valence-electron chi connectivity index (χ2n) is 9.63. The third-order valence-corrected chi connectivity index (χ3v) is 6.97. The Morgan fingerprint density at radius 1 is 1.06 bits per heavy atom. The number of para-hydroxylation sites is 1. The summed E-state index contributed by atoms with van der Waals surface area (Å²) in [7, 11) is 5.21. The Hall–Kier alpha value is -3.84. The largest absolute Gasteiger partial charge is 0.496 e. The SMILES string of the molecule is COc1ccccc1-c1c[nH]c2ncc(-c3ccc(NC4CCC(O)CC4)c(C(=O)N(C)C)c3)cc12. The van der Waals surface area contributed by atoms with E-state index in [9.17, 15) is 9.90 Å². The highest BCUT2D eigenvalue weighted by atomic mass is 16.5. The monoisotopic (exact) mass is 484 g/mol. The average molecular weight is 485 g/mol. The first kappa shape index (κ1) is 23.9. The molecule has 2 aromatic heterocycles. The Bertz CT molecular complexity index is 1390. The number of aliphatic hydroxyl groups is 1. The molecule has 0 radical (unpaired) electrons.